The first-order valence-electron chi connectivity index (χ1n) is 8.24. The highest BCUT2D eigenvalue weighted by molar-refractivity contribution is 5.37. The van der Waals surface area contributed by atoms with Crippen LogP contribution in [0, 0.1) is 11.3 Å². The topological polar surface area (TPSA) is 56.5 Å². The predicted molar refractivity (Wildman–Crippen MR) is 92.9 cm³/mol. The minimum Gasteiger partial charge on any atom is -0.496 e. The van der Waals surface area contributed by atoms with Gasteiger partial charge in [0.15, 0.2) is 0 Å². The van der Waals surface area contributed by atoms with Gasteiger partial charge < -0.3 is 9.84 Å². The van der Waals surface area contributed by atoms with Gasteiger partial charge in [-0.2, -0.15) is 5.26 Å². The number of hydrogen-bond donors (Lipinski definition) is 1. The second kappa shape index (κ2) is 7.48. The van der Waals surface area contributed by atoms with Crippen molar-refractivity contribution < 1.29 is 9.84 Å². The van der Waals surface area contributed by atoms with Crippen molar-refractivity contribution in [3.8, 4) is 11.8 Å². The van der Waals surface area contributed by atoms with Crippen molar-refractivity contribution in [3.63, 3.8) is 0 Å². The molecular formula is C20H22N2O2. The number of nitrogens with zero attached hydrogens (tertiary/aromatic N) is 2. The summed E-state index contributed by atoms with van der Waals surface area (Å²) in [6.45, 7) is 2.50. The number of aliphatic hydroxyl groups excluding tert-OH is 1. The van der Waals surface area contributed by atoms with Crippen molar-refractivity contribution in [2.24, 2.45) is 0 Å². The van der Waals surface area contributed by atoms with Crippen LogP contribution in [-0.2, 0) is 0 Å². The van der Waals surface area contributed by atoms with Crippen molar-refractivity contribution in [1.82, 2.24) is 4.90 Å². The summed E-state index contributed by atoms with van der Waals surface area (Å²) in [7, 11) is 1.71. The molecule has 0 saturated carbocycles. The summed E-state index contributed by atoms with van der Waals surface area (Å²) in [4.78, 5) is 2.29. The largest absolute Gasteiger partial charge is 0.496 e. The Morgan fingerprint density at radius 3 is 2.71 bits per heavy atom. The van der Waals surface area contributed by atoms with E-state index in [0.29, 0.717) is 18.0 Å². The Morgan fingerprint density at radius 1 is 1.25 bits per heavy atom. The molecule has 1 N–H and O–H groups in total. The molecule has 0 bridgehead atoms. The lowest BCUT2D eigenvalue weighted by atomic mass is 9.97. The molecule has 0 aliphatic carbocycles. The molecule has 0 spiro atoms. The Labute approximate surface area is 142 Å². The zero-order valence-corrected chi connectivity index (χ0v) is 13.9. The van der Waals surface area contributed by atoms with Crippen molar-refractivity contribution >= 4 is 0 Å². The van der Waals surface area contributed by atoms with E-state index in [0.717, 1.165) is 30.8 Å². The molecule has 2 aromatic rings. The zero-order chi connectivity index (χ0) is 16.9. The van der Waals surface area contributed by atoms with Crippen LogP contribution in [0.1, 0.15) is 35.1 Å². The predicted octanol–water partition coefficient (Wildman–Crippen LogP) is 3.09. The molecule has 24 heavy (non-hydrogen) atoms. The Balaban J connectivity index is 1.62. The quantitative estimate of drug-likeness (QED) is 0.919. The lowest BCUT2D eigenvalue weighted by Crippen LogP contribution is -2.26. The van der Waals surface area contributed by atoms with Gasteiger partial charge in [0, 0.05) is 19.0 Å². The number of rotatable bonds is 5. The van der Waals surface area contributed by atoms with Crippen LogP contribution in [0.25, 0.3) is 0 Å². The molecule has 1 aliphatic heterocycles. The summed E-state index contributed by atoms with van der Waals surface area (Å²) in [5.74, 6) is 1.38. The maximum absolute atomic E-state index is 10.5. The lowest BCUT2D eigenvalue weighted by molar-refractivity contribution is 0.125. The minimum atomic E-state index is -0.533. The first-order valence-corrected chi connectivity index (χ1v) is 8.24. The fraction of sp³-hybridized carbons (Fsp3) is 0.350. The third-order valence-corrected chi connectivity index (χ3v) is 4.71. The van der Waals surface area contributed by atoms with Gasteiger partial charge in [-0.05, 0) is 42.3 Å². The number of hydrogen-bond acceptors (Lipinski definition) is 4. The summed E-state index contributed by atoms with van der Waals surface area (Å²) >= 11 is 0. The van der Waals surface area contributed by atoms with Crippen LogP contribution in [-0.4, -0.2) is 36.8 Å². The van der Waals surface area contributed by atoms with Gasteiger partial charge in [-0.3, -0.25) is 4.90 Å². The molecule has 0 amide bonds. The monoisotopic (exact) mass is 322 g/mol. The summed E-state index contributed by atoms with van der Waals surface area (Å²) in [6, 6.07) is 17.4. The third kappa shape index (κ3) is 3.59. The minimum absolute atomic E-state index is 0.439. The Bertz CT molecular complexity index is 721. The summed E-state index contributed by atoms with van der Waals surface area (Å²) in [5, 5.41) is 19.3. The van der Waals surface area contributed by atoms with Crippen LogP contribution in [0.2, 0.25) is 0 Å². The number of benzene rings is 2. The SMILES string of the molecule is COc1ccccc1C1CCN(CC(O)c2ccc(C#N)cc2)C1. The van der Waals surface area contributed by atoms with E-state index in [9.17, 15) is 5.11 Å². The van der Waals surface area contributed by atoms with Gasteiger partial charge in [0.1, 0.15) is 5.75 Å². The maximum Gasteiger partial charge on any atom is 0.122 e. The Morgan fingerprint density at radius 2 is 2.00 bits per heavy atom. The van der Waals surface area contributed by atoms with Crippen LogP contribution in [0.4, 0.5) is 0 Å². The van der Waals surface area contributed by atoms with E-state index < -0.39 is 6.10 Å². The number of ether oxygens (including phenoxy) is 1. The summed E-state index contributed by atoms with van der Waals surface area (Å²) < 4.78 is 5.47. The first-order chi connectivity index (χ1) is 11.7. The van der Waals surface area contributed by atoms with E-state index in [1.165, 1.54) is 5.56 Å². The second-order valence-electron chi connectivity index (χ2n) is 6.24. The Hall–Kier alpha value is -2.35. The highest BCUT2D eigenvalue weighted by Crippen LogP contribution is 2.34. The van der Waals surface area contributed by atoms with Gasteiger partial charge in [0.25, 0.3) is 0 Å². The molecule has 4 nitrogen and oxygen atoms in total. The van der Waals surface area contributed by atoms with Crippen LogP contribution in [0.3, 0.4) is 0 Å². The van der Waals surface area contributed by atoms with Crippen LogP contribution < -0.4 is 4.74 Å². The fourth-order valence-corrected chi connectivity index (χ4v) is 3.39. The van der Waals surface area contributed by atoms with Crippen molar-refractivity contribution in [3.05, 3.63) is 65.2 Å². The number of para-hydroxylation sites is 1. The second-order valence-corrected chi connectivity index (χ2v) is 6.24. The van der Waals surface area contributed by atoms with Crippen molar-refractivity contribution in [1.29, 1.82) is 5.26 Å². The molecule has 0 aromatic heterocycles. The normalized spacial score (nSPS) is 19.0. The number of β-amino-alcohol motifs (C(OH)–C–C–N with tert-alkyl or cyclic N) is 1. The van der Waals surface area contributed by atoms with Gasteiger partial charge in [-0.25, -0.2) is 0 Å². The summed E-state index contributed by atoms with van der Waals surface area (Å²) in [6.07, 6.45) is 0.537. The lowest BCUT2D eigenvalue weighted by Gasteiger charge is -2.21. The van der Waals surface area contributed by atoms with Crippen LogP contribution in [0.5, 0.6) is 5.75 Å². The van der Waals surface area contributed by atoms with Gasteiger partial charge >= 0.3 is 0 Å². The van der Waals surface area contributed by atoms with E-state index in [-0.39, 0.29) is 0 Å². The van der Waals surface area contributed by atoms with Crippen LogP contribution >= 0.6 is 0 Å². The molecular weight excluding hydrogens is 300 g/mol. The molecule has 1 saturated heterocycles. The fourth-order valence-electron chi connectivity index (χ4n) is 3.39. The number of likely N-dealkylation sites (tertiary alicyclic amines) is 1. The molecule has 2 aromatic carbocycles. The van der Waals surface area contributed by atoms with Gasteiger partial charge in [-0.15, -0.1) is 0 Å². The van der Waals surface area contributed by atoms with Gasteiger partial charge in [0.05, 0.1) is 24.8 Å². The molecule has 124 valence electrons. The summed E-state index contributed by atoms with van der Waals surface area (Å²) in [5.41, 5.74) is 2.72. The van der Waals surface area contributed by atoms with E-state index in [4.69, 9.17) is 10.00 Å². The number of nitriles is 1. The molecule has 1 heterocycles. The van der Waals surface area contributed by atoms with Crippen molar-refractivity contribution in [2.45, 2.75) is 18.4 Å². The van der Waals surface area contributed by atoms with Gasteiger partial charge in [-0.1, -0.05) is 30.3 Å². The number of aliphatic hydroxyl groups is 1. The van der Waals surface area contributed by atoms with E-state index in [2.05, 4.69) is 17.0 Å². The molecule has 2 unspecified atom stereocenters. The maximum atomic E-state index is 10.5. The standard InChI is InChI=1S/C20H22N2O2/c1-24-20-5-3-2-4-18(20)17-10-11-22(13-17)14-19(23)16-8-6-15(12-21)7-9-16/h2-9,17,19,23H,10-11,13-14H2,1H3. The number of methoxy groups -OCH3 is 1. The van der Waals surface area contributed by atoms with E-state index in [1.807, 2.05) is 30.3 Å². The third-order valence-electron chi connectivity index (χ3n) is 4.71. The first kappa shape index (κ1) is 16.5. The highest BCUT2D eigenvalue weighted by atomic mass is 16.5. The highest BCUT2D eigenvalue weighted by Gasteiger charge is 2.27. The molecule has 4 heteroatoms. The average molecular weight is 322 g/mol. The van der Waals surface area contributed by atoms with Crippen molar-refractivity contribution in [2.75, 3.05) is 26.7 Å². The average Bonchev–Trinajstić information content (AvgIpc) is 3.10. The van der Waals surface area contributed by atoms with E-state index >= 15 is 0 Å². The van der Waals surface area contributed by atoms with Gasteiger partial charge in [0.2, 0.25) is 0 Å². The molecule has 1 aliphatic rings. The smallest absolute Gasteiger partial charge is 0.122 e. The zero-order valence-electron chi connectivity index (χ0n) is 13.9. The molecule has 2 atom stereocenters. The molecule has 1 fully saturated rings. The molecule has 0 radical (unpaired) electrons. The Kier molecular flexibility index (Phi) is 5.14. The van der Waals surface area contributed by atoms with E-state index in [1.54, 1.807) is 19.2 Å². The van der Waals surface area contributed by atoms with Crippen LogP contribution in [0.15, 0.2) is 48.5 Å². The molecule has 3 rings (SSSR count).